The fourth-order valence-electron chi connectivity index (χ4n) is 3.85. The second kappa shape index (κ2) is 4.77. The molecule has 2 aromatic rings. The van der Waals surface area contributed by atoms with Crippen LogP contribution in [0.4, 0.5) is 0 Å². The van der Waals surface area contributed by atoms with Crippen LogP contribution < -0.4 is 0 Å². The maximum atomic E-state index is 12.9. The number of aliphatic hydroxyl groups excluding tert-OH is 1. The molecule has 2 N–H and O–H groups in total. The Morgan fingerprint density at radius 1 is 1.00 bits per heavy atom. The van der Waals surface area contributed by atoms with Gasteiger partial charge in [-0.1, -0.05) is 25.1 Å². The summed E-state index contributed by atoms with van der Waals surface area (Å²) in [6, 6.07) is 7.98. The molecule has 0 fully saturated rings. The van der Waals surface area contributed by atoms with Gasteiger partial charge in [0.15, 0.2) is 11.6 Å². The van der Waals surface area contributed by atoms with E-state index in [4.69, 9.17) is 0 Å². The minimum atomic E-state index is -0.737. The number of benzene rings is 2. The van der Waals surface area contributed by atoms with Gasteiger partial charge in [0.05, 0.1) is 11.7 Å². The number of hydrogen-bond acceptors (Lipinski definition) is 4. The molecule has 2 aliphatic rings. The van der Waals surface area contributed by atoms with Crippen molar-refractivity contribution in [1.29, 1.82) is 0 Å². The van der Waals surface area contributed by atoms with E-state index in [2.05, 4.69) is 6.92 Å². The number of carbonyl (C=O) groups excluding carboxylic acids is 2. The average Bonchev–Trinajstić information content (AvgIpc) is 2.51. The molecule has 0 saturated carbocycles. The van der Waals surface area contributed by atoms with E-state index in [9.17, 15) is 19.8 Å². The molecule has 23 heavy (non-hydrogen) atoms. The third kappa shape index (κ3) is 1.88. The number of ketones is 2. The predicted octanol–water partition coefficient (Wildman–Crippen LogP) is 2.78. The molecule has 2 aliphatic carbocycles. The zero-order valence-electron chi connectivity index (χ0n) is 12.7. The van der Waals surface area contributed by atoms with Crippen LogP contribution in [0.15, 0.2) is 30.3 Å². The number of carbonyl (C=O) groups is 2. The lowest BCUT2D eigenvalue weighted by Crippen LogP contribution is -2.27. The van der Waals surface area contributed by atoms with Crippen LogP contribution in [-0.2, 0) is 6.42 Å². The van der Waals surface area contributed by atoms with E-state index in [0.29, 0.717) is 23.5 Å². The van der Waals surface area contributed by atoms with Gasteiger partial charge in [-0.3, -0.25) is 9.59 Å². The summed E-state index contributed by atoms with van der Waals surface area (Å²) in [6.45, 7) is 2.06. The largest absolute Gasteiger partial charge is 0.507 e. The molecular weight excluding hydrogens is 292 g/mol. The molecule has 0 amide bonds. The summed E-state index contributed by atoms with van der Waals surface area (Å²) in [5.41, 5.74) is 2.37. The predicted molar refractivity (Wildman–Crippen MR) is 83.9 cm³/mol. The molecule has 0 aromatic heterocycles. The first-order chi connectivity index (χ1) is 11.0. The van der Waals surface area contributed by atoms with Crippen molar-refractivity contribution in [3.05, 3.63) is 63.7 Å². The lowest BCUT2D eigenvalue weighted by molar-refractivity contribution is 0.0963. The number of aromatic hydroxyl groups is 1. The molecule has 2 atom stereocenters. The molecule has 4 rings (SSSR count). The van der Waals surface area contributed by atoms with Crippen molar-refractivity contribution in [2.75, 3.05) is 0 Å². The van der Waals surface area contributed by atoms with Crippen LogP contribution >= 0.6 is 0 Å². The van der Waals surface area contributed by atoms with Crippen LogP contribution in [-0.4, -0.2) is 21.8 Å². The van der Waals surface area contributed by atoms with Crippen molar-refractivity contribution in [1.82, 2.24) is 0 Å². The van der Waals surface area contributed by atoms with E-state index in [1.165, 1.54) is 6.07 Å². The van der Waals surface area contributed by atoms with Gasteiger partial charge in [0.1, 0.15) is 5.75 Å². The van der Waals surface area contributed by atoms with E-state index >= 15 is 0 Å². The first-order valence-electron chi connectivity index (χ1n) is 7.74. The molecule has 4 nitrogen and oxygen atoms in total. The van der Waals surface area contributed by atoms with Gasteiger partial charge in [0, 0.05) is 16.7 Å². The van der Waals surface area contributed by atoms with Crippen LogP contribution in [0.1, 0.15) is 62.4 Å². The summed E-state index contributed by atoms with van der Waals surface area (Å²) in [4.78, 5) is 25.7. The number of phenolic OH excluding ortho intramolecular Hbond substituents is 1. The van der Waals surface area contributed by atoms with Crippen LogP contribution in [0.25, 0.3) is 0 Å². The quantitative estimate of drug-likeness (QED) is 0.669. The Morgan fingerprint density at radius 2 is 1.70 bits per heavy atom. The van der Waals surface area contributed by atoms with Crippen molar-refractivity contribution < 1.29 is 19.8 Å². The summed E-state index contributed by atoms with van der Waals surface area (Å²) in [6.07, 6.45) is 0.630. The first-order valence-corrected chi connectivity index (χ1v) is 7.74. The van der Waals surface area contributed by atoms with Crippen LogP contribution in [0.3, 0.4) is 0 Å². The molecule has 4 heteroatoms. The summed E-state index contributed by atoms with van der Waals surface area (Å²) in [7, 11) is 0. The molecular formula is C19H16O4. The normalized spacial score (nSPS) is 22.3. The Labute approximate surface area is 133 Å². The lowest BCUT2D eigenvalue weighted by atomic mass is 9.74. The Morgan fingerprint density at radius 3 is 2.48 bits per heavy atom. The monoisotopic (exact) mass is 308 g/mol. The van der Waals surface area contributed by atoms with Crippen molar-refractivity contribution in [3.8, 4) is 5.75 Å². The number of hydrogen-bond donors (Lipinski definition) is 2. The Balaban J connectivity index is 2.01. The van der Waals surface area contributed by atoms with Crippen LogP contribution in [0, 0.1) is 5.92 Å². The maximum Gasteiger partial charge on any atom is 0.198 e. The van der Waals surface area contributed by atoms with Gasteiger partial charge in [-0.2, -0.15) is 0 Å². The second-order valence-electron chi connectivity index (χ2n) is 6.48. The Bertz CT molecular complexity index is 866. The van der Waals surface area contributed by atoms with Gasteiger partial charge in [-0.05, 0) is 42.0 Å². The molecule has 0 bridgehead atoms. The fourth-order valence-corrected chi connectivity index (χ4v) is 3.85. The third-order valence-electron chi connectivity index (χ3n) is 4.85. The minimum absolute atomic E-state index is 0.0589. The Hall–Kier alpha value is -2.46. The number of aliphatic hydroxyl groups is 1. The highest BCUT2D eigenvalue weighted by molar-refractivity contribution is 6.29. The lowest BCUT2D eigenvalue weighted by Gasteiger charge is -2.30. The molecule has 0 aliphatic heterocycles. The summed E-state index contributed by atoms with van der Waals surface area (Å²) in [5, 5.41) is 20.5. The Kier molecular flexibility index (Phi) is 2.93. The van der Waals surface area contributed by atoms with Crippen molar-refractivity contribution in [2.45, 2.75) is 25.9 Å². The molecule has 116 valence electrons. The minimum Gasteiger partial charge on any atom is -0.507 e. The third-order valence-corrected chi connectivity index (χ3v) is 4.85. The highest BCUT2D eigenvalue weighted by Gasteiger charge is 2.37. The molecule has 2 aromatic carbocycles. The highest BCUT2D eigenvalue weighted by Crippen LogP contribution is 2.41. The molecule has 0 heterocycles. The molecule has 0 saturated heterocycles. The first kappa shape index (κ1) is 14.2. The maximum absolute atomic E-state index is 12.9. The van der Waals surface area contributed by atoms with Gasteiger partial charge in [0.25, 0.3) is 0 Å². The topological polar surface area (TPSA) is 74.6 Å². The number of rotatable bonds is 0. The molecule has 0 radical (unpaired) electrons. The van der Waals surface area contributed by atoms with Crippen molar-refractivity contribution >= 4 is 11.6 Å². The zero-order chi connectivity index (χ0) is 16.3. The fraction of sp³-hybridized carbons (Fsp3) is 0.263. The van der Waals surface area contributed by atoms with Gasteiger partial charge in [-0.15, -0.1) is 0 Å². The SMILES string of the molecule is C[C@@H]1Cc2ccc3c(c2[C@H](O)C1)C(=O)c1cccc(O)c1C3=O. The van der Waals surface area contributed by atoms with E-state index in [1.54, 1.807) is 18.2 Å². The van der Waals surface area contributed by atoms with Gasteiger partial charge >= 0.3 is 0 Å². The van der Waals surface area contributed by atoms with E-state index in [-0.39, 0.29) is 34.0 Å². The smallest absolute Gasteiger partial charge is 0.198 e. The van der Waals surface area contributed by atoms with E-state index < -0.39 is 6.10 Å². The van der Waals surface area contributed by atoms with Crippen molar-refractivity contribution in [3.63, 3.8) is 0 Å². The number of phenols is 1. The number of fused-ring (bicyclic) bond motifs is 4. The van der Waals surface area contributed by atoms with Gasteiger partial charge < -0.3 is 10.2 Å². The van der Waals surface area contributed by atoms with Crippen LogP contribution in [0.2, 0.25) is 0 Å². The summed E-state index contributed by atoms with van der Waals surface area (Å²) >= 11 is 0. The average molecular weight is 308 g/mol. The summed E-state index contributed by atoms with van der Waals surface area (Å²) < 4.78 is 0. The highest BCUT2D eigenvalue weighted by atomic mass is 16.3. The molecule has 0 spiro atoms. The van der Waals surface area contributed by atoms with Gasteiger partial charge in [0.2, 0.25) is 0 Å². The van der Waals surface area contributed by atoms with E-state index in [0.717, 1.165) is 12.0 Å². The van der Waals surface area contributed by atoms with Crippen molar-refractivity contribution in [2.24, 2.45) is 5.92 Å². The molecule has 0 unspecified atom stereocenters. The standard InChI is InChI=1S/C19H16O4/c1-9-7-10-5-6-12-17(15(10)14(21)8-9)19(23)11-3-2-4-13(20)16(11)18(12)22/h2-6,9,14,20-21H,7-8H2,1H3/t9-,14-/m1/s1. The summed E-state index contributed by atoms with van der Waals surface area (Å²) in [5.74, 6) is -0.503. The second-order valence-corrected chi connectivity index (χ2v) is 6.48. The van der Waals surface area contributed by atoms with E-state index in [1.807, 2.05) is 6.07 Å². The zero-order valence-corrected chi connectivity index (χ0v) is 12.7. The van der Waals surface area contributed by atoms with Crippen LogP contribution in [0.5, 0.6) is 5.75 Å². The van der Waals surface area contributed by atoms with Gasteiger partial charge in [-0.25, -0.2) is 0 Å².